The maximum Gasteiger partial charge on any atom is 0.249 e. The molecule has 1 aliphatic heterocycles. The van der Waals surface area contributed by atoms with Gasteiger partial charge >= 0.3 is 0 Å². The van der Waals surface area contributed by atoms with Crippen LogP contribution in [0.25, 0.3) is 5.57 Å². The van der Waals surface area contributed by atoms with Crippen LogP contribution in [-0.2, 0) is 17.6 Å². The second-order valence-electron chi connectivity index (χ2n) is 8.35. The second-order valence-corrected chi connectivity index (χ2v) is 8.35. The zero-order valence-corrected chi connectivity index (χ0v) is 17.6. The molecule has 5 heteroatoms. The van der Waals surface area contributed by atoms with Crippen LogP contribution in [0.5, 0.6) is 11.5 Å². The molecule has 3 N–H and O–H groups in total. The SMILES string of the molecule is CC1=C(C(N)=O)c2c(C3CC3)nc3c(c2C1)OCC3.Cc1ccc(O)c(C)c1C. The molecule has 5 nitrogen and oxygen atoms in total. The minimum Gasteiger partial charge on any atom is -0.508 e. The lowest BCUT2D eigenvalue weighted by Crippen LogP contribution is -2.14. The number of nitrogens with two attached hydrogens (primary N) is 1. The van der Waals surface area contributed by atoms with Gasteiger partial charge in [0.05, 0.1) is 18.0 Å². The lowest BCUT2D eigenvalue weighted by atomic mass is 9.98. The largest absolute Gasteiger partial charge is 0.508 e. The highest BCUT2D eigenvalue weighted by Crippen LogP contribution is 2.49. The molecule has 2 aromatic rings. The van der Waals surface area contributed by atoms with Gasteiger partial charge in [-0.3, -0.25) is 9.78 Å². The van der Waals surface area contributed by atoms with Crippen molar-refractivity contribution < 1.29 is 14.6 Å². The van der Waals surface area contributed by atoms with Crippen molar-refractivity contribution in [2.45, 2.75) is 59.3 Å². The number of pyridine rings is 1. The van der Waals surface area contributed by atoms with E-state index in [0.29, 0.717) is 23.8 Å². The Morgan fingerprint density at radius 1 is 1.17 bits per heavy atom. The summed E-state index contributed by atoms with van der Waals surface area (Å²) < 4.78 is 5.73. The topological polar surface area (TPSA) is 85.4 Å². The summed E-state index contributed by atoms with van der Waals surface area (Å²) >= 11 is 0. The Balaban J connectivity index is 0.000000174. The van der Waals surface area contributed by atoms with E-state index in [2.05, 4.69) is 0 Å². The number of nitrogens with zero attached hydrogens (tertiary/aromatic N) is 1. The first-order valence-electron chi connectivity index (χ1n) is 10.2. The van der Waals surface area contributed by atoms with Crippen LogP contribution in [0.3, 0.4) is 0 Å². The molecule has 0 spiro atoms. The van der Waals surface area contributed by atoms with E-state index in [0.717, 1.165) is 52.2 Å². The highest BCUT2D eigenvalue weighted by Gasteiger charge is 2.38. The third kappa shape index (κ3) is 3.39. The van der Waals surface area contributed by atoms with Crippen molar-refractivity contribution in [3.05, 3.63) is 56.9 Å². The summed E-state index contributed by atoms with van der Waals surface area (Å²) in [7, 11) is 0. The number of allylic oxidation sites excluding steroid dienone is 1. The zero-order valence-electron chi connectivity index (χ0n) is 17.6. The van der Waals surface area contributed by atoms with Gasteiger partial charge in [0.1, 0.15) is 11.5 Å². The minimum atomic E-state index is -0.335. The fourth-order valence-electron chi connectivity index (χ4n) is 4.23. The van der Waals surface area contributed by atoms with Gasteiger partial charge in [-0.1, -0.05) is 11.6 Å². The summed E-state index contributed by atoms with van der Waals surface area (Å²) in [4.78, 5) is 16.6. The summed E-state index contributed by atoms with van der Waals surface area (Å²) in [5.41, 5.74) is 15.0. The Labute approximate surface area is 171 Å². The van der Waals surface area contributed by atoms with Crippen molar-refractivity contribution in [2.75, 3.05) is 6.61 Å². The molecule has 3 aliphatic rings. The number of aromatic nitrogens is 1. The summed E-state index contributed by atoms with van der Waals surface area (Å²) in [6.07, 6.45) is 4.00. The van der Waals surface area contributed by atoms with Gasteiger partial charge < -0.3 is 15.6 Å². The average Bonchev–Trinajstić information content (AvgIpc) is 3.30. The van der Waals surface area contributed by atoms with Crippen molar-refractivity contribution in [3.8, 4) is 11.5 Å². The van der Waals surface area contributed by atoms with Crippen molar-refractivity contribution in [2.24, 2.45) is 5.73 Å². The molecule has 152 valence electrons. The van der Waals surface area contributed by atoms with E-state index in [1.54, 1.807) is 6.07 Å². The average molecular weight is 392 g/mol. The van der Waals surface area contributed by atoms with Crippen LogP contribution in [0, 0.1) is 20.8 Å². The van der Waals surface area contributed by atoms with Crippen molar-refractivity contribution >= 4 is 11.5 Å². The summed E-state index contributed by atoms with van der Waals surface area (Å²) in [6.45, 7) is 8.68. The quantitative estimate of drug-likeness (QED) is 0.808. The van der Waals surface area contributed by atoms with Gasteiger partial charge in [-0.25, -0.2) is 0 Å². The molecule has 0 unspecified atom stereocenters. The van der Waals surface area contributed by atoms with Crippen LogP contribution in [0.15, 0.2) is 17.7 Å². The predicted octanol–water partition coefficient (Wildman–Crippen LogP) is 4.03. The highest BCUT2D eigenvalue weighted by atomic mass is 16.5. The minimum absolute atomic E-state index is 0.335. The lowest BCUT2D eigenvalue weighted by molar-refractivity contribution is -0.112. The van der Waals surface area contributed by atoms with Crippen molar-refractivity contribution in [3.63, 3.8) is 0 Å². The molecule has 1 aromatic carbocycles. The second kappa shape index (κ2) is 7.21. The number of ether oxygens (including phenoxy) is 1. The molecular formula is C24H28N2O3. The molecule has 2 aliphatic carbocycles. The number of phenols is 1. The first kappa shape index (κ1) is 19.5. The Morgan fingerprint density at radius 3 is 2.52 bits per heavy atom. The van der Waals surface area contributed by atoms with E-state index in [1.165, 1.54) is 24.0 Å². The Hall–Kier alpha value is -2.82. The van der Waals surface area contributed by atoms with Gasteiger partial charge in [-0.2, -0.15) is 0 Å². The van der Waals surface area contributed by atoms with E-state index in [-0.39, 0.29) is 5.91 Å². The molecule has 1 saturated carbocycles. The Bertz CT molecular complexity index is 1020. The molecule has 1 amide bonds. The molecule has 0 bridgehead atoms. The zero-order chi connectivity index (χ0) is 20.9. The summed E-state index contributed by atoms with van der Waals surface area (Å²) in [5, 5.41) is 9.22. The van der Waals surface area contributed by atoms with E-state index >= 15 is 0 Å². The summed E-state index contributed by atoms with van der Waals surface area (Å²) in [6, 6.07) is 3.66. The van der Waals surface area contributed by atoms with Gasteiger partial charge in [0.2, 0.25) is 5.91 Å². The van der Waals surface area contributed by atoms with Gasteiger partial charge in [0.25, 0.3) is 0 Å². The summed E-state index contributed by atoms with van der Waals surface area (Å²) in [5.74, 6) is 1.48. The third-order valence-corrected chi connectivity index (χ3v) is 6.29. The number of hydrogen-bond acceptors (Lipinski definition) is 4. The third-order valence-electron chi connectivity index (χ3n) is 6.29. The maximum atomic E-state index is 11.8. The molecule has 1 fully saturated rings. The number of carbonyl (C=O) groups excluding carboxylic acids is 1. The van der Waals surface area contributed by atoms with E-state index in [1.807, 2.05) is 33.8 Å². The predicted molar refractivity (Wildman–Crippen MR) is 113 cm³/mol. The smallest absolute Gasteiger partial charge is 0.249 e. The number of phenolic OH excluding ortho intramolecular Hbond substituents is 1. The number of primary amides is 1. The van der Waals surface area contributed by atoms with Crippen molar-refractivity contribution in [1.29, 1.82) is 0 Å². The number of rotatable bonds is 2. The normalized spacial score (nSPS) is 16.7. The fraction of sp³-hybridized carbons (Fsp3) is 0.417. The molecule has 5 rings (SSSR count). The Kier molecular flexibility index (Phi) is 4.85. The number of amides is 1. The van der Waals surface area contributed by atoms with Gasteiger partial charge in [-0.15, -0.1) is 0 Å². The van der Waals surface area contributed by atoms with Crippen LogP contribution in [-0.4, -0.2) is 22.6 Å². The lowest BCUT2D eigenvalue weighted by Gasteiger charge is -2.13. The van der Waals surface area contributed by atoms with Gasteiger partial charge in [0.15, 0.2) is 0 Å². The number of benzene rings is 1. The molecule has 0 radical (unpaired) electrons. The first-order valence-corrected chi connectivity index (χ1v) is 10.2. The number of fused-ring (bicyclic) bond motifs is 3. The van der Waals surface area contributed by atoms with Crippen LogP contribution in [0.1, 0.15) is 64.9 Å². The number of hydrogen-bond donors (Lipinski definition) is 2. The van der Waals surface area contributed by atoms with Gasteiger partial charge in [0, 0.05) is 29.0 Å². The maximum absolute atomic E-state index is 11.8. The molecule has 1 aromatic heterocycles. The molecular weight excluding hydrogens is 364 g/mol. The number of carbonyl (C=O) groups is 1. The standard InChI is InChI=1S/C15H16N2O2.C9H12O/c1-7-6-9-12(11(7)15(16)18)13(8-2-3-8)17-10-4-5-19-14(9)10;1-6-4-5-9(10)8(3)7(6)2/h8H,2-6H2,1H3,(H2,16,18);4-5,10H,1-3H3. The monoisotopic (exact) mass is 392 g/mol. The highest BCUT2D eigenvalue weighted by molar-refractivity contribution is 6.21. The van der Waals surface area contributed by atoms with Crippen LogP contribution >= 0.6 is 0 Å². The van der Waals surface area contributed by atoms with E-state index < -0.39 is 0 Å². The van der Waals surface area contributed by atoms with Crippen molar-refractivity contribution in [1.82, 2.24) is 4.98 Å². The number of aryl methyl sites for hydroxylation is 1. The van der Waals surface area contributed by atoms with Crippen LogP contribution in [0.4, 0.5) is 0 Å². The van der Waals surface area contributed by atoms with Gasteiger partial charge in [-0.05, 0) is 69.7 Å². The number of aromatic hydroxyl groups is 1. The fourth-order valence-corrected chi connectivity index (χ4v) is 4.23. The molecule has 29 heavy (non-hydrogen) atoms. The molecule has 0 atom stereocenters. The first-order chi connectivity index (χ1) is 13.8. The van der Waals surface area contributed by atoms with E-state index in [4.69, 9.17) is 15.5 Å². The Morgan fingerprint density at radius 2 is 1.90 bits per heavy atom. The van der Waals surface area contributed by atoms with Crippen LogP contribution in [0.2, 0.25) is 0 Å². The molecule has 2 heterocycles. The van der Waals surface area contributed by atoms with Crippen LogP contribution < -0.4 is 10.5 Å². The molecule has 0 saturated heterocycles. The van der Waals surface area contributed by atoms with E-state index in [9.17, 15) is 9.90 Å².